The van der Waals surface area contributed by atoms with E-state index in [0.29, 0.717) is 31.1 Å². The second kappa shape index (κ2) is 9.82. The Morgan fingerprint density at radius 2 is 1.97 bits per heavy atom. The third kappa shape index (κ3) is 5.13. The van der Waals surface area contributed by atoms with Crippen molar-refractivity contribution in [3.05, 3.63) is 59.9 Å². The highest BCUT2D eigenvalue weighted by Crippen LogP contribution is 2.30. The van der Waals surface area contributed by atoms with Gasteiger partial charge in [0.15, 0.2) is 9.84 Å². The van der Waals surface area contributed by atoms with E-state index in [9.17, 15) is 13.2 Å². The average molecular weight is 519 g/mol. The number of carbonyl (C=O) groups excluding carboxylic acids is 1. The molecule has 1 aromatic heterocycles. The van der Waals surface area contributed by atoms with Gasteiger partial charge in [-0.25, -0.2) is 18.0 Å². The minimum Gasteiger partial charge on any atom is -0.365 e. The third-order valence-corrected chi connectivity index (χ3v) is 7.85. The molecule has 2 aliphatic rings. The van der Waals surface area contributed by atoms with Crippen LogP contribution < -0.4 is 15.5 Å². The number of hydrogen-bond acceptors (Lipinski definition) is 7. The lowest BCUT2D eigenvalue weighted by Gasteiger charge is -2.41. The molecule has 1 fully saturated rings. The fourth-order valence-corrected chi connectivity index (χ4v) is 5.42. The number of aromatic nitrogens is 2. The molecule has 3 aromatic rings. The Morgan fingerprint density at radius 3 is 2.68 bits per heavy atom. The topological polar surface area (TPSA) is 99.6 Å². The van der Waals surface area contributed by atoms with E-state index in [4.69, 9.17) is 4.98 Å². The van der Waals surface area contributed by atoms with Crippen LogP contribution in [0.25, 0.3) is 11.3 Å². The summed E-state index contributed by atoms with van der Waals surface area (Å²) < 4.78 is 25.5. The quantitative estimate of drug-likeness (QED) is 0.483. The molecule has 0 aliphatic carbocycles. The second-order valence-corrected chi connectivity index (χ2v) is 11.5. The van der Waals surface area contributed by atoms with E-state index in [0.717, 1.165) is 17.9 Å². The SMILES string of the molecule is Cc1cccc(N2CCN(C(=O)CNc3c(-c4ccc(S(C)(=O)=O)cc4)nc4n3C#CNC4)CC2C)c1. The number of sulfone groups is 1. The maximum Gasteiger partial charge on any atom is 0.242 e. The molecule has 1 amide bonds. The monoisotopic (exact) mass is 518 g/mol. The molecule has 9 nitrogen and oxygen atoms in total. The van der Waals surface area contributed by atoms with Crippen molar-refractivity contribution in [1.82, 2.24) is 19.8 Å². The van der Waals surface area contributed by atoms with Crippen LogP contribution in [-0.4, -0.2) is 67.3 Å². The van der Waals surface area contributed by atoms with E-state index in [1.165, 1.54) is 17.5 Å². The molecule has 10 heteroatoms. The minimum absolute atomic E-state index is 0.00607. The highest BCUT2D eigenvalue weighted by atomic mass is 32.2. The van der Waals surface area contributed by atoms with Gasteiger partial charge in [-0.15, -0.1) is 0 Å². The lowest BCUT2D eigenvalue weighted by molar-refractivity contribution is -0.130. The molecule has 1 atom stereocenters. The molecule has 0 radical (unpaired) electrons. The summed E-state index contributed by atoms with van der Waals surface area (Å²) in [5, 5.41) is 6.25. The summed E-state index contributed by atoms with van der Waals surface area (Å²) in [5.41, 5.74) is 3.77. The first-order valence-electron chi connectivity index (χ1n) is 12.2. The molecule has 0 bridgehead atoms. The smallest absolute Gasteiger partial charge is 0.242 e. The zero-order valence-corrected chi connectivity index (χ0v) is 22.0. The van der Waals surface area contributed by atoms with Gasteiger partial charge in [0.25, 0.3) is 0 Å². The Balaban J connectivity index is 1.31. The minimum atomic E-state index is -3.30. The number of imidazole rings is 1. The number of nitrogens with one attached hydrogen (secondary N) is 2. The number of fused-ring (bicyclic) bond motifs is 1. The number of aryl methyl sites for hydroxylation is 1. The molecular weight excluding hydrogens is 488 g/mol. The Hall–Kier alpha value is -3.97. The van der Waals surface area contributed by atoms with Crippen LogP contribution in [0.4, 0.5) is 11.5 Å². The molecule has 1 unspecified atom stereocenters. The highest BCUT2D eigenvalue weighted by molar-refractivity contribution is 7.90. The van der Waals surface area contributed by atoms with Gasteiger partial charge in [0.1, 0.15) is 17.3 Å². The van der Waals surface area contributed by atoms with E-state index < -0.39 is 9.84 Å². The maximum absolute atomic E-state index is 13.2. The van der Waals surface area contributed by atoms with Gasteiger partial charge in [0.2, 0.25) is 5.91 Å². The number of piperazine rings is 1. The molecule has 37 heavy (non-hydrogen) atoms. The predicted octanol–water partition coefficient (Wildman–Crippen LogP) is 2.28. The molecule has 2 N–H and O–H groups in total. The van der Waals surface area contributed by atoms with E-state index in [-0.39, 0.29) is 23.4 Å². The van der Waals surface area contributed by atoms with Crippen LogP contribution in [-0.2, 0) is 21.2 Å². The molecule has 3 heterocycles. The van der Waals surface area contributed by atoms with Crippen molar-refractivity contribution in [2.24, 2.45) is 0 Å². The van der Waals surface area contributed by atoms with Gasteiger partial charge < -0.3 is 20.4 Å². The van der Waals surface area contributed by atoms with Crippen molar-refractivity contribution in [3.8, 4) is 23.3 Å². The molecule has 2 aromatic carbocycles. The molecule has 0 saturated carbocycles. The Kier molecular flexibility index (Phi) is 6.56. The van der Waals surface area contributed by atoms with Gasteiger partial charge in [0.05, 0.1) is 18.0 Å². The first-order valence-corrected chi connectivity index (χ1v) is 14.1. The molecular formula is C27H30N6O3S. The van der Waals surface area contributed by atoms with Crippen molar-refractivity contribution < 1.29 is 13.2 Å². The third-order valence-electron chi connectivity index (χ3n) is 6.73. The number of rotatable bonds is 6. The first-order chi connectivity index (χ1) is 17.7. The standard InChI is InChI=1S/C27H30N6O3S/c1-19-5-4-6-22(15-19)32-14-13-31(18-20(32)2)25(34)17-29-27-26(30-24-16-28-11-12-33(24)27)21-7-9-23(10-8-21)37(3,35)36/h4-10,15,20,28-29H,13-14,16-18H2,1-3H3. The normalized spacial score (nSPS) is 16.9. The van der Waals surface area contributed by atoms with E-state index >= 15 is 0 Å². The zero-order chi connectivity index (χ0) is 26.2. The number of anilines is 2. The Morgan fingerprint density at radius 1 is 1.19 bits per heavy atom. The molecule has 192 valence electrons. The van der Waals surface area contributed by atoms with Crippen molar-refractivity contribution in [2.45, 2.75) is 31.3 Å². The van der Waals surface area contributed by atoms with Crippen molar-refractivity contribution >= 4 is 27.2 Å². The van der Waals surface area contributed by atoms with E-state index in [1.807, 2.05) is 4.90 Å². The van der Waals surface area contributed by atoms with Gasteiger partial charge in [-0.1, -0.05) is 24.3 Å². The Labute approximate surface area is 217 Å². The molecule has 1 saturated heterocycles. The van der Waals surface area contributed by atoms with Crippen LogP contribution in [0.2, 0.25) is 0 Å². The molecule has 0 spiro atoms. The summed E-state index contributed by atoms with van der Waals surface area (Å²) in [7, 11) is -3.30. The summed E-state index contributed by atoms with van der Waals surface area (Å²) in [6, 6.07) is 21.1. The van der Waals surface area contributed by atoms with Crippen LogP contribution in [0, 0.1) is 19.0 Å². The lowest BCUT2D eigenvalue weighted by atomic mass is 10.1. The van der Waals surface area contributed by atoms with Crippen molar-refractivity contribution in [2.75, 3.05) is 42.7 Å². The summed E-state index contributed by atoms with van der Waals surface area (Å²) in [4.78, 5) is 22.4. The number of benzene rings is 2. The Bertz CT molecular complexity index is 1500. The molecule has 2 aliphatic heterocycles. The maximum atomic E-state index is 13.2. The fraction of sp³-hybridized carbons (Fsp3) is 0.333. The first kappa shape index (κ1) is 24.7. The van der Waals surface area contributed by atoms with Gasteiger partial charge >= 0.3 is 0 Å². The van der Waals surface area contributed by atoms with Crippen LogP contribution in [0.5, 0.6) is 0 Å². The van der Waals surface area contributed by atoms with Gasteiger partial charge in [-0.05, 0) is 43.7 Å². The summed E-state index contributed by atoms with van der Waals surface area (Å²) >= 11 is 0. The van der Waals surface area contributed by atoms with Crippen molar-refractivity contribution in [3.63, 3.8) is 0 Å². The van der Waals surface area contributed by atoms with Crippen LogP contribution in [0.15, 0.2) is 53.4 Å². The number of hydrogen-bond donors (Lipinski definition) is 2. The van der Waals surface area contributed by atoms with E-state index in [2.05, 4.69) is 65.7 Å². The number of nitrogens with zero attached hydrogens (tertiary/aromatic N) is 4. The lowest BCUT2D eigenvalue weighted by Crippen LogP contribution is -2.54. The van der Waals surface area contributed by atoms with E-state index in [1.54, 1.807) is 28.8 Å². The summed E-state index contributed by atoms with van der Waals surface area (Å²) in [5.74, 6) is 1.35. The molecule has 5 rings (SSSR count). The number of amides is 1. The summed E-state index contributed by atoms with van der Waals surface area (Å²) in [6.45, 7) is 6.86. The average Bonchev–Trinajstić information content (AvgIpc) is 3.25. The second-order valence-electron chi connectivity index (χ2n) is 9.52. The summed E-state index contributed by atoms with van der Waals surface area (Å²) in [6.07, 6.45) is 1.18. The zero-order valence-electron chi connectivity index (χ0n) is 21.2. The predicted molar refractivity (Wildman–Crippen MR) is 144 cm³/mol. The highest BCUT2D eigenvalue weighted by Gasteiger charge is 2.28. The van der Waals surface area contributed by atoms with Gasteiger partial charge in [-0.2, -0.15) is 0 Å². The van der Waals surface area contributed by atoms with Crippen LogP contribution in [0.3, 0.4) is 0 Å². The van der Waals surface area contributed by atoms with Gasteiger partial charge in [-0.3, -0.25) is 4.79 Å². The van der Waals surface area contributed by atoms with Crippen LogP contribution >= 0.6 is 0 Å². The number of carbonyl (C=O) groups is 1. The largest absolute Gasteiger partial charge is 0.365 e. The van der Waals surface area contributed by atoms with Gasteiger partial charge in [0, 0.05) is 55.3 Å². The van der Waals surface area contributed by atoms with Crippen LogP contribution in [0.1, 0.15) is 18.3 Å². The van der Waals surface area contributed by atoms with Crippen molar-refractivity contribution in [1.29, 1.82) is 0 Å². The fourth-order valence-electron chi connectivity index (χ4n) is 4.79.